The van der Waals surface area contributed by atoms with Crippen LogP contribution >= 0.6 is 28.3 Å². The Bertz CT molecular complexity index is 364. The van der Waals surface area contributed by atoms with Crippen LogP contribution in [0.5, 0.6) is 0 Å². The number of furan rings is 1. The number of hydrogen-bond acceptors (Lipinski definition) is 3. The van der Waals surface area contributed by atoms with E-state index in [0.717, 1.165) is 12.8 Å². The third-order valence-electron chi connectivity index (χ3n) is 2.84. The predicted octanol–water partition coefficient (Wildman–Crippen LogP) is 2.71. The molecular weight excluding hydrogens is 307 g/mol. The summed E-state index contributed by atoms with van der Waals surface area (Å²) in [4.78, 5) is 11.7. The third kappa shape index (κ3) is 4.69. The van der Waals surface area contributed by atoms with E-state index in [1.165, 1.54) is 6.26 Å². The van der Waals surface area contributed by atoms with Gasteiger partial charge in [-0.3, -0.25) is 4.79 Å². The Labute approximate surface area is 116 Å². The Hall–Kier alpha value is -0.520. The maximum absolute atomic E-state index is 11.7. The van der Waals surface area contributed by atoms with Crippen LogP contribution in [0.25, 0.3) is 0 Å². The van der Waals surface area contributed by atoms with Crippen molar-refractivity contribution < 1.29 is 9.21 Å². The SMILES string of the molecule is CCC(N)(CC)CNC(=O)c1coc(Br)c1.Cl. The lowest BCUT2D eigenvalue weighted by Crippen LogP contribution is -2.49. The molecule has 1 amide bonds. The van der Waals surface area contributed by atoms with E-state index in [4.69, 9.17) is 10.2 Å². The highest BCUT2D eigenvalue weighted by molar-refractivity contribution is 9.10. The minimum Gasteiger partial charge on any atom is -0.457 e. The van der Waals surface area contributed by atoms with Crippen molar-refractivity contribution >= 4 is 34.2 Å². The average molecular weight is 326 g/mol. The first-order valence-electron chi connectivity index (χ1n) is 5.32. The van der Waals surface area contributed by atoms with E-state index < -0.39 is 0 Å². The van der Waals surface area contributed by atoms with Crippen LogP contribution in [0.2, 0.25) is 0 Å². The smallest absolute Gasteiger partial charge is 0.254 e. The van der Waals surface area contributed by atoms with Gasteiger partial charge in [-0.2, -0.15) is 0 Å². The molecule has 0 aliphatic heterocycles. The number of nitrogens with two attached hydrogens (primary N) is 1. The molecule has 0 saturated carbocycles. The van der Waals surface area contributed by atoms with Gasteiger partial charge in [-0.1, -0.05) is 13.8 Å². The van der Waals surface area contributed by atoms with Crippen LogP contribution < -0.4 is 11.1 Å². The summed E-state index contributed by atoms with van der Waals surface area (Å²) in [6.07, 6.45) is 3.08. The van der Waals surface area contributed by atoms with Crippen LogP contribution in [-0.2, 0) is 0 Å². The molecule has 4 nitrogen and oxygen atoms in total. The molecule has 0 unspecified atom stereocenters. The number of amides is 1. The molecular formula is C11H18BrClN2O2. The zero-order valence-corrected chi connectivity index (χ0v) is 12.4. The van der Waals surface area contributed by atoms with Crippen molar-refractivity contribution in [3.8, 4) is 0 Å². The van der Waals surface area contributed by atoms with Crippen molar-refractivity contribution in [3.63, 3.8) is 0 Å². The molecule has 3 N–H and O–H groups in total. The number of nitrogens with one attached hydrogen (secondary N) is 1. The second-order valence-electron chi connectivity index (χ2n) is 3.89. The Morgan fingerprint density at radius 1 is 1.53 bits per heavy atom. The van der Waals surface area contributed by atoms with Gasteiger partial charge in [0.15, 0.2) is 4.67 Å². The molecule has 1 aromatic heterocycles. The molecule has 0 atom stereocenters. The molecule has 6 heteroatoms. The standard InChI is InChI=1S/C11H17BrN2O2.ClH/c1-3-11(13,4-2)7-14-10(15)8-5-9(12)16-6-8;/h5-6H,3-4,7,13H2,1-2H3,(H,14,15);1H. The normalized spacial score (nSPS) is 10.8. The van der Waals surface area contributed by atoms with Gasteiger partial charge < -0.3 is 15.5 Å². The fourth-order valence-corrected chi connectivity index (χ4v) is 1.63. The summed E-state index contributed by atoms with van der Waals surface area (Å²) in [5.74, 6) is -0.161. The van der Waals surface area contributed by atoms with Crippen molar-refractivity contribution in [3.05, 3.63) is 22.6 Å². The van der Waals surface area contributed by atoms with E-state index in [2.05, 4.69) is 21.2 Å². The molecule has 1 aromatic rings. The third-order valence-corrected chi connectivity index (χ3v) is 3.25. The van der Waals surface area contributed by atoms with E-state index in [9.17, 15) is 4.79 Å². The van der Waals surface area contributed by atoms with E-state index in [1.54, 1.807) is 6.07 Å². The van der Waals surface area contributed by atoms with Crippen LogP contribution in [0.4, 0.5) is 0 Å². The van der Waals surface area contributed by atoms with Crippen LogP contribution in [0.1, 0.15) is 37.0 Å². The number of carbonyl (C=O) groups is 1. The average Bonchev–Trinajstić information content (AvgIpc) is 2.72. The fourth-order valence-electron chi connectivity index (χ4n) is 1.29. The van der Waals surface area contributed by atoms with E-state index >= 15 is 0 Å². The van der Waals surface area contributed by atoms with Crippen molar-refractivity contribution in [1.29, 1.82) is 0 Å². The topological polar surface area (TPSA) is 68.3 Å². The summed E-state index contributed by atoms with van der Waals surface area (Å²) in [6.45, 7) is 4.51. The molecule has 1 rings (SSSR count). The molecule has 0 aliphatic rings. The van der Waals surface area contributed by atoms with E-state index in [0.29, 0.717) is 16.8 Å². The molecule has 0 radical (unpaired) electrons. The molecule has 0 fully saturated rings. The highest BCUT2D eigenvalue weighted by Gasteiger charge is 2.21. The van der Waals surface area contributed by atoms with Gasteiger partial charge in [0, 0.05) is 18.2 Å². The summed E-state index contributed by atoms with van der Waals surface area (Å²) in [5, 5.41) is 2.81. The molecule has 0 saturated heterocycles. The molecule has 1 heterocycles. The van der Waals surface area contributed by atoms with Crippen LogP contribution in [0.3, 0.4) is 0 Å². The summed E-state index contributed by atoms with van der Waals surface area (Å²) in [7, 11) is 0. The van der Waals surface area contributed by atoms with Gasteiger partial charge in [0.1, 0.15) is 6.26 Å². The lowest BCUT2D eigenvalue weighted by atomic mass is 9.94. The fraction of sp³-hybridized carbons (Fsp3) is 0.545. The predicted molar refractivity (Wildman–Crippen MR) is 73.5 cm³/mol. The van der Waals surface area contributed by atoms with Crippen molar-refractivity contribution in [2.24, 2.45) is 5.73 Å². The molecule has 98 valence electrons. The summed E-state index contributed by atoms with van der Waals surface area (Å²) in [6, 6.07) is 1.63. The lowest BCUT2D eigenvalue weighted by Gasteiger charge is -2.26. The highest BCUT2D eigenvalue weighted by atomic mass is 79.9. The van der Waals surface area contributed by atoms with Crippen molar-refractivity contribution in [2.75, 3.05) is 6.54 Å². The minimum absolute atomic E-state index is 0. The molecule has 0 aliphatic carbocycles. The second kappa shape index (κ2) is 7.03. The highest BCUT2D eigenvalue weighted by Crippen LogP contribution is 2.14. The Morgan fingerprint density at radius 2 is 2.12 bits per heavy atom. The summed E-state index contributed by atoms with van der Waals surface area (Å²) < 4.78 is 5.54. The van der Waals surface area contributed by atoms with Gasteiger partial charge in [0.05, 0.1) is 5.56 Å². The largest absolute Gasteiger partial charge is 0.457 e. The van der Waals surface area contributed by atoms with E-state index in [-0.39, 0.29) is 23.9 Å². The number of halogens is 2. The summed E-state index contributed by atoms with van der Waals surface area (Å²) >= 11 is 3.15. The van der Waals surface area contributed by atoms with Gasteiger partial charge >= 0.3 is 0 Å². The summed E-state index contributed by atoms with van der Waals surface area (Å²) in [5.41, 5.74) is 6.26. The Kier molecular flexibility index (Phi) is 6.82. The quantitative estimate of drug-likeness (QED) is 0.874. The maximum Gasteiger partial charge on any atom is 0.254 e. The number of rotatable bonds is 5. The van der Waals surface area contributed by atoms with Crippen molar-refractivity contribution in [1.82, 2.24) is 5.32 Å². The Morgan fingerprint density at radius 3 is 2.53 bits per heavy atom. The minimum atomic E-state index is -0.323. The first-order chi connectivity index (χ1) is 7.50. The van der Waals surface area contributed by atoms with Gasteiger partial charge in [-0.25, -0.2) is 0 Å². The second-order valence-corrected chi connectivity index (χ2v) is 4.67. The molecule has 0 spiro atoms. The van der Waals surface area contributed by atoms with Crippen LogP contribution in [0, 0.1) is 0 Å². The molecule has 0 aromatic carbocycles. The van der Waals surface area contributed by atoms with Gasteiger partial charge in [-0.05, 0) is 28.8 Å². The zero-order valence-electron chi connectivity index (χ0n) is 9.96. The van der Waals surface area contributed by atoms with Crippen LogP contribution in [0.15, 0.2) is 21.4 Å². The number of carbonyl (C=O) groups excluding carboxylic acids is 1. The zero-order chi connectivity index (χ0) is 12.2. The monoisotopic (exact) mass is 324 g/mol. The van der Waals surface area contributed by atoms with Gasteiger partial charge in [0.2, 0.25) is 0 Å². The van der Waals surface area contributed by atoms with Crippen LogP contribution in [-0.4, -0.2) is 18.0 Å². The lowest BCUT2D eigenvalue weighted by molar-refractivity contribution is 0.0941. The van der Waals surface area contributed by atoms with Crippen molar-refractivity contribution in [2.45, 2.75) is 32.2 Å². The first-order valence-corrected chi connectivity index (χ1v) is 6.11. The van der Waals surface area contributed by atoms with Gasteiger partial charge in [0.25, 0.3) is 5.91 Å². The maximum atomic E-state index is 11.7. The molecule has 0 bridgehead atoms. The number of hydrogen-bond donors (Lipinski definition) is 2. The Balaban J connectivity index is 0.00000256. The first kappa shape index (κ1) is 16.5. The van der Waals surface area contributed by atoms with Gasteiger partial charge in [-0.15, -0.1) is 12.4 Å². The van der Waals surface area contributed by atoms with E-state index in [1.807, 2.05) is 13.8 Å². The molecule has 17 heavy (non-hydrogen) atoms.